The van der Waals surface area contributed by atoms with Crippen LogP contribution in [0.25, 0.3) is 0 Å². The molecule has 0 saturated heterocycles. The number of quaternary nitrogens is 1. The molecule has 1 N–H and O–H groups in total. The molecule has 0 aliphatic heterocycles. The first-order chi connectivity index (χ1) is 29.6. The van der Waals surface area contributed by atoms with E-state index in [4.69, 9.17) is 14.2 Å². The lowest BCUT2D eigenvalue weighted by molar-refractivity contribution is -0.887. The summed E-state index contributed by atoms with van der Waals surface area (Å²) in [6.45, 7) is 4.78. The summed E-state index contributed by atoms with van der Waals surface area (Å²) >= 11 is 0. The maximum absolute atomic E-state index is 12.8. The third-order valence-electron chi connectivity index (χ3n) is 12.2. The lowest BCUT2D eigenvalue weighted by Gasteiger charge is -2.31. The summed E-state index contributed by atoms with van der Waals surface area (Å²) < 4.78 is 17.4. The molecule has 0 radical (unpaired) electrons. The van der Waals surface area contributed by atoms with Gasteiger partial charge in [-0.3, -0.25) is 9.59 Å². The number of carbonyl (C=O) groups excluding carboxylic acids is 2. The van der Waals surface area contributed by atoms with E-state index < -0.39 is 18.1 Å². The van der Waals surface area contributed by atoms with Crippen molar-refractivity contribution in [3.05, 3.63) is 12.2 Å². The third kappa shape index (κ3) is 43.1. The summed E-state index contributed by atoms with van der Waals surface area (Å²) in [5, 5.41) is 9.65. The minimum absolute atomic E-state index is 0.0488. The Balaban J connectivity index is 4.21. The van der Waals surface area contributed by atoms with Crippen molar-refractivity contribution in [3.8, 4) is 0 Å². The Morgan fingerprint density at radius 3 is 1.18 bits per heavy atom. The smallest absolute Gasteiger partial charge is 0.362 e. The number of ether oxygens (including phenoxy) is 3. The average Bonchev–Trinajstić information content (AvgIpc) is 3.22. The van der Waals surface area contributed by atoms with Gasteiger partial charge in [-0.15, -0.1) is 0 Å². The lowest BCUT2D eigenvalue weighted by atomic mass is 10.0. The molecule has 2 unspecified atom stereocenters. The fraction of sp³-hybridized carbons (Fsp3) is 0.906. The van der Waals surface area contributed by atoms with E-state index in [-0.39, 0.29) is 36.2 Å². The van der Waals surface area contributed by atoms with Crippen molar-refractivity contribution < 1.29 is 38.2 Å². The number of aliphatic carboxylic acids is 1. The van der Waals surface area contributed by atoms with Crippen LogP contribution in [0.2, 0.25) is 0 Å². The van der Waals surface area contributed by atoms with Gasteiger partial charge in [0.15, 0.2) is 12.1 Å². The third-order valence-corrected chi connectivity index (χ3v) is 12.2. The molecule has 8 heteroatoms. The number of rotatable bonds is 48. The monoisotopic (exact) mass is 865 g/mol. The van der Waals surface area contributed by atoms with Crippen LogP contribution >= 0.6 is 0 Å². The number of carbonyl (C=O) groups is 3. The molecule has 0 aromatic carbocycles. The molecular formula is C53H102NO7+. The van der Waals surface area contributed by atoms with Gasteiger partial charge in [-0.25, -0.2) is 4.79 Å². The fourth-order valence-corrected chi connectivity index (χ4v) is 8.09. The first kappa shape index (κ1) is 59.1. The van der Waals surface area contributed by atoms with Crippen LogP contribution in [-0.4, -0.2) is 80.6 Å². The Morgan fingerprint density at radius 2 is 0.820 bits per heavy atom. The highest BCUT2D eigenvalue weighted by Crippen LogP contribution is 2.17. The van der Waals surface area contributed by atoms with Gasteiger partial charge in [0.2, 0.25) is 0 Å². The molecule has 360 valence electrons. The number of hydrogen-bond acceptors (Lipinski definition) is 6. The van der Waals surface area contributed by atoms with Crippen LogP contribution in [0.3, 0.4) is 0 Å². The largest absolute Gasteiger partial charge is 0.477 e. The molecule has 0 amide bonds. The van der Waals surface area contributed by atoms with Crippen LogP contribution in [0.1, 0.15) is 258 Å². The summed E-state index contributed by atoms with van der Waals surface area (Å²) in [6.07, 6.45) is 49.7. The van der Waals surface area contributed by atoms with Crippen molar-refractivity contribution >= 4 is 17.9 Å². The van der Waals surface area contributed by atoms with E-state index in [1.54, 1.807) is 0 Å². The van der Waals surface area contributed by atoms with E-state index in [0.29, 0.717) is 19.3 Å². The predicted octanol–water partition coefficient (Wildman–Crippen LogP) is 15.0. The summed E-state index contributed by atoms with van der Waals surface area (Å²) in [7, 11) is 5.55. The molecule has 0 rings (SSSR count). The second-order valence-electron chi connectivity index (χ2n) is 19.1. The van der Waals surface area contributed by atoms with E-state index in [1.165, 1.54) is 180 Å². The van der Waals surface area contributed by atoms with Crippen LogP contribution < -0.4 is 0 Å². The van der Waals surface area contributed by atoms with Gasteiger partial charge in [0, 0.05) is 19.3 Å². The van der Waals surface area contributed by atoms with E-state index in [9.17, 15) is 19.5 Å². The number of likely N-dealkylation sites (N-methyl/N-ethyl adjacent to an activating group) is 1. The van der Waals surface area contributed by atoms with Crippen LogP contribution in [-0.2, 0) is 28.6 Å². The van der Waals surface area contributed by atoms with Gasteiger partial charge in [0.1, 0.15) is 6.61 Å². The van der Waals surface area contributed by atoms with Gasteiger partial charge in [0.25, 0.3) is 0 Å². The van der Waals surface area contributed by atoms with Gasteiger partial charge < -0.3 is 23.8 Å². The standard InChI is InChI=1S/C53H101NO7/c1-6-8-10-12-14-16-18-20-22-24-26-28-30-32-34-36-38-40-42-44-52(56)61-49(47-59-46-45-50(53(57)58)54(3,4)5)48-60-51(55)43-41-39-37-35-33-31-29-27-25-23-21-19-17-15-13-11-9-7-2/h27,29,49-50H,6-26,28,30-48H2,1-5H3/p+1/b29-27+. The molecule has 0 heterocycles. The number of esters is 2. The zero-order chi connectivity index (χ0) is 44.9. The van der Waals surface area contributed by atoms with Gasteiger partial charge in [0.05, 0.1) is 34.4 Å². The maximum atomic E-state index is 12.8. The van der Waals surface area contributed by atoms with Gasteiger partial charge >= 0.3 is 17.9 Å². The Labute approximate surface area is 378 Å². The number of nitrogens with zero attached hydrogens (tertiary/aromatic N) is 1. The number of carboxylic acids is 1. The second kappa shape index (κ2) is 44.7. The highest BCUT2D eigenvalue weighted by Gasteiger charge is 2.31. The molecule has 2 atom stereocenters. The quantitative estimate of drug-likeness (QED) is 0.0281. The van der Waals surface area contributed by atoms with Gasteiger partial charge in [-0.1, -0.05) is 212 Å². The van der Waals surface area contributed by atoms with E-state index in [0.717, 1.165) is 44.9 Å². The normalized spacial score (nSPS) is 12.9. The van der Waals surface area contributed by atoms with Crippen LogP contribution in [0.5, 0.6) is 0 Å². The zero-order valence-corrected chi connectivity index (χ0v) is 41.1. The lowest BCUT2D eigenvalue weighted by Crippen LogP contribution is -2.50. The fourth-order valence-electron chi connectivity index (χ4n) is 8.09. The van der Waals surface area contributed by atoms with Crippen LogP contribution in [0.4, 0.5) is 0 Å². The van der Waals surface area contributed by atoms with E-state index in [2.05, 4.69) is 26.0 Å². The molecular weight excluding hydrogens is 763 g/mol. The molecule has 0 saturated carbocycles. The molecule has 0 aromatic rings. The van der Waals surface area contributed by atoms with Crippen molar-refractivity contribution in [2.45, 2.75) is 270 Å². The van der Waals surface area contributed by atoms with Crippen LogP contribution in [0.15, 0.2) is 12.2 Å². The SMILES string of the molecule is CCCCCCCCCCC/C=C/CCCCCCCC(=O)OCC(COCCC(C(=O)O)[N+](C)(C)C)OC(=O)CCCCCCCCCCCCCCCCCCCCC. The summed E-state index contributed by atoms with van der Waals surface area (Å²) in [5.41, 5.74) is 0. The van der Waals surface area contributed by atoms with Gasteiger partial charge in [-0.2, -0.15) is 0 Å². The second-order valence-corrected chi connectivity index (χ2v) is 19.1. The molecule has 61 heavy (non-hydrogen) atoms. The number of allylic oxidation sites excluding steroid dienone is 2. The van der Waals surface area contributed by atoms with Gasteiger partial charge in [-0.05, 0) is 38.5 Å². The topological polar surface area (TPSA) is 99.1 Å². The first-order valence-electron chi connectivity index (χ1n) is 26.2. The van der Waals surface area contributed by atoms with Crippen molar-refractivity contribution in [1.82, 2.24) is 0 Å². The first-order valence-corrected chi connectivity index (χ1v) is 26.2. The minimum atomic E-state index is -0.871. The van der Waals surface area contributed by atoms with Crippen molar-refractivity contribution in [2.24, 2.45) is 0 Å². The van der Waals surface area contributed by atoms with Crippen molar-refractivity contribution in [1.29, 1.82) is 0 Å². The average molecular weight is 865 g/mol. The van der Waals surface area contributed by atoms with Crippen molar-refractivity contribution in [2.75, 3.05) is 41.0 Å². The van der Waals surface area contributed by atoms with Crippen molar-refractivity contribution in [3.63, 3.8) is 0 Å². The number of hydrogen-bond donors (Lipinski definition) is 1. The van der Waals surface area contributed by atoms with E-state index >= 15 is 0 Å². The molecule has 0 spiro atoms. The highest BCUT2D eigenvalue weighted by atomic mass is 16.6. The maximum Gasteiger partial charge on any atom is 0.362 e. The predicted molar refractivity (Wildman–Crippen MR) is 257 cm³/mol. The molecule has 0 bridgehead atoms. The van der Waals surface area contributed by atoms with Crippen LogP contribution in [0, 0.1) is 0 Å². The minimum Gasteiger partial charge on any atom is -0.477 e. The molecule has 0 aromatic heterocycles. The summed E-state index contributed by atoms with van der Waals surface area (Å²) in [4.78, 5) is 37.2. The Bertz CT molecular complexity index is 1010. The number of unbranched alkanes of at least 4 members (excludes halogenated alkanes) is 32. The molecule has 0 aliphatic rings. The zero-order valence-electron chi connectivity index (χ0n) is 41.1. The Hall–Kier alpha value is -1.93. The summed E-state index contributed by atoms with van der Waals surface area (Å²) in [5.74, 6) is -1.45. The Kier molecular flexibility index (Phi) is 43.3. The number of carboxylic acid groups (broad SMARTS) is 1. The Morgan fingerprint density at radius 1 is 0.475 bits per heavy atom. The molecule has 0 fully saturated rings. The molecule has 8 nitrogen and oxygen atoms in total. The highest BCUT2D eigenvalue weighted by molar-refractivity contribution is 5.72. The summed E-state index contributed by atoms with van der Waals surface area (Å²) in [6, 6.07) is -0.612. The molecule has 0 aliphatic carbocycles. The van der Waals surface area contributed by atoms with E-state index in [1.807, 2.05) is 21.1 Å².